The molecule has 0 aromatic heterocycles. The Morgan fingerprint density at radius 3 is 2.43 bits per heavy atom. The van der Waals surface area contributed by atoms with E-state index in [2.05, 4.69) is 51.2 Å². The van der Waals surface area contributed by atoms with E-state index in [9.17, 15) is 4.79 Å². The molecule has 0 bridgehead atoms. The third-order valence-corrected chi connectivity index (χ3v) is 5.01. The largest absolute Gasteiger partial charge is 0.483 e. The van der Waals surface area contributed by atoms with Crippen LogP contribution in [0.15, 0.2) is 54.6 Å². The molecule has 6 heteroatoms. The lowest BCUT2D eigenvalue weighted by Crippen LogP contribution is -2.44. The molecule has 1 fully saturated rings. The molecule has 2 aromatic carbocycles. The average Bonchev–Trinajstić information content (AvgIpc) is 2.74. The van der Waals surface area contributed by atoms with Gasteiger partial charge < -0.3 is 24.6 Å². The Bertz CT molecular complexity index is 746. The topological polar surface area (TPSA) is 54.0 Å². The summed E-state index contributed by atoms with van der Waals surface area (Å²) in [5, 5.41) is 2.74. The molecular weight excluding hydrogens is 354 g/mol. The minimum atomic E-state index is -0.426. The van der Waals surface area contributed by atoms with Crippen LogP contribution in [0.2, 0.25) is 0 Å². The normalized spacial score (nSPS) is 15.7. The van der Waals surface area contributed by atoms with Crippen molar-refractivity contribution < 1.29 is 14.3 Å². The van der Waals surface area contributed by atoms with Crippen LogP contribution >= 0.6 is 0 Å². The molecule has 1 heterocycles. The van der Waals surface area contributed by atoms with Crippen LogP contribution in [0.25, 0.3) is 0 Å². The van der Waals surface area contributed by atoms with E-state index in [1.165, 1.54) is 7.11 Å². The number of para-hydroxylation sites is 2. The van der Waals surface area contributed by atoms with Gasteiger partial charge in [-0.25, -0.2) is 4.79 Å². The Morgan fingerprint density at radius 1 is 1.04 bits per heavy atom. The number of hydrogen-bond acceptors (Lipinski definition) is 5. The molecule has 28 heavy (non-hydrogen) atoms. The summed E-state index contributed by atoms with van der Waals surface area (Å²) >= 11 is 0. The van der Waals surface area contributed by atoms with Crippen LogP contribution in [0.5, 0.6) is 5.75 Å². The summed E-state index contributed by atoms with van der Waals surface area (Å²) in [6.45, 7) is 4.52. The number of benzene rings is 2. The van der Waals surface area contributed by atoms with Gasteiger partial charge in [0.1, 0.15) is 11.9 Å². The fourth-order valence-electron chi connectivity index (χ4n) is 3.36. The van der Waals surface area contributed by atoms with Crippen LogP contribution in [0.3, 0.4) is 0 Å². The van der Waals surface area contributed by atoms with Crippen LogP contribution in [0, 0.1) is 0 Å². The molecule has 6 nitrogen and oxygen atoms in total. The third-order valence-electron chi connectivity index (χ3n) is 5.01. The van der Waals surface area contributed by atoms with Gasteiger partial charge in [-0.1, -0.05) is 42.5 Å². The quantitative estimate of drug-likeness (QED) is 0.795. The van der Waals surface area contributed by atoms with E-state index in [4.69, 9.17) is 4.74 Å². The maximum atomic E-state index is 11.4. The zero-order valence-corrected chi connectivity index (χ0v) is 16.6. The van der Waals surface area contributed by atoms with Crippen LogP contribution in [-0.4, -0.2) is 57.9 Å². The second kappa shape index (κ2) is 9.99. The Labute approximate surface area is 167 Å². The van der Waals surface area contributed by atoms with Crippen molar-refractivity contribution in [3.63, 3.8) is 0 Å². The van der Waals surface area contributed by atoms with E-state index in [1.54, 1.807) is 0 Å². The van der Waals surface area contributed by atoms with Crippen molar-refractivity contribution in [3.05, 3.63) is 60.2 Å². The summed E-state index contributed by atoms with van der Waals surface area (Å²) in [6, 6.07) is 18.3. The molecule has 3 rings (SSSR count). The molecular formula is C22H29N3O3. The lowest BCUT2D eigenvalue weighted by Gasteiger charge is -2.35. The molecule has 1 unspecified atom stereocenters. The Morgan fingerprint density at radius 2 is 1.71 bits per heavy atom. The van der Waals surface area contributed by atoms with E-state index >= 15 is 0 Å². The first-order valence-corrected chi connectivity index (χ1v) is 9.73. The molecule has 1 saturated heterocycles. The van der Waals surface area contributed by atoms with Crippen molar-refractivity contribution in [3.8, 4) is 5.75 Å². The minimum absolute atomic E-state index is 0.160. The number of carbonyl (C=O) groups is 1. The number of nitrogens with one attached hydrogen (secondary N) is 1. The highest BCUT2D eigenvalue weighted by Gasteiger charge is 2.20. The lowest BCUT2D eigenvalue weighted by atomic mass is 10.1. The van der Waals surface area contributed by atoms with E-state index in [0.717, 1.165) is 43.2 Å². The highest BCUT2D eigenvalue weighted by molar-refractivity contribution is 5.66. The number of ether oxygens (including phenoxy) is 2. The maximum Gasteiger partial charge on any atom is 0.406 e. The maximum absolute atomic E-state index is 11.4. The van der Waals surface area contributed by atoms with Gasteiger partial charge in [-0.15, -0.1) is 0 Å². The Hall–Kier alpha value is -2.73. The number of piperazine rings is 1. The Balaban J connectivity index is 1.76. The predicted octanol–water partition coefficient (Wildman–Crippen LogP) is 3.30. The van der Waals surface area contributed by atoms with Gasteiger partial charge in [0, 0.05) is 39.1 Å². The van der Waals surface area contributed by atoms with Crippen molar-refractivity contribution in [1.29, 1.82) is 0 Å². The summed E-state index contributed by atoms with van der Waals surface area (Å²) in [7, 11) is 3.52. The fourth-order valence-corrected chi connectivity index (χ4v) is 3.36. The molecule has 0 spiro atoms. The van der Waals surface area contributed by atoms with Gasteiger partial charge in [0.25, 0.3) is 0 Å². The first-order chi connectivity index (χ1) is 13.7. The predicted molar refractivity (Wildman–Crippen MR) is 111 cm³/mol. The van der Waals surface area contributed by atoms with Gasteiger partial charge in [0.05, 0.1) is 12.8 Å². The number of likely N-dealkylation sites (N-methyl/N-ethyl adjacent to an activating group) is 1. The van der Waals surface area contributed by atoms with E-state index in [1.807, 2.05) is 30.3 Å². The first-order valence-electron chi connectivity index (χ1n) is 9.73. The zero-order valence-electron chi connectivity index (χ0n) is 16.6. The Kier molecular flexibility index (Phi) is 7.14. The average molecular weight is 383 g/mol. The molecule has 1 aliphatic heterocycles. The van der Waals surface area contributed by atoms with Gasteiger partial charge in [0.2, 0.25) is 0 Å². The van der Waals surface area contributed by atoms with Crippen LogP contribution in [-0.2, 0) is 4.74 Å². The summed E-state index contributed by atoms with van der Waals surface area (Å²) in [5.41, 5.74) is 2.21. The minimum Gasteiger partial charge on any atom is -0.483 e. The number of rotatable bonds is 7. The number of carbonyl (C=O) groups excluding carboxylic acids is 1. The summed E-state index contributed by atoms with van der Waals surface area (Å²) in [6.07, 6.45) is 0.0625. The van der Waals surface area contributed by atoms with Crippen LogP contribution in [0.1, 0.15) is 18.1 Å². The van der Waals surface area contributed by atoms with Crippen molar-refractivity contribution in [1.82, 2.24) is 10.2 Å². The molecule has 1 aliphatic rings. The summed E-state index contributed by atoms with van der Waals surface area (Å²) in [5.74, 6) is 0.874. The highest BCUT2D eigenvalue weighted by atomic mass is 16.5. The van der Waals surface area contributed by atoms with Crippen molar-refractivity contribution in [2.24, 2.45) is 0 Å². The van der Waals surface area contributed by atoms with E-state index in [-0.39, 0.29) is 6.10 Å². The highest BCUT2D eigenvalue weighted by Crippen LogP contribution is 2.33. The standard InChI is InChI=1S/C22H29N3O3/c1-24-14-16-25(17-15-24)19-10-6-7-11-21(19)28-20(12-13-23-22(26)27-2)18-8-4-3-5-9-18/h3-11,20H,12-17H2,1-2H3,(H,23,26). The second-order valence-corrected chi connectivity index (χ2v) is 6.98. The third kappa shape index (κ3) is 5.39. The molecule has 150 valence electrons. The summed E-state index contributed by atoms with van der Waals surface area (Å²) < 4.78 is 11.1. The molecule has 0 radical (unpaired) electrons. The molecule has 1 amide bonds. The van der Waals surface area contributed by atoms with Crippen molar-refractivity contribution in [2.75, 3.05) is 51.8 Å². The van der Waals surface area contributed by atoms with Gasteiger partial charge in [-0.3, -0.25) is 0 Å². The number of hydrogen-bond donors (Lipinski definition) is 1. The van der Waals surface area contributed by atoms with Crippen LogP contribution in [0.4, 0.5) is 10.5 Å². The van der Waals surface area contributed by atoms with Crippen molar-refractivity contribution >= 4 is 11.8 Å². The SMILES string of the molecule is COC(=O)NCCC(Oc1ccccc1N1CCN(C)CC1)c1ccccc1. The fraction of sp³-hybridized carbons (Fsp3) is 0.409. The lowest BCUT2D eigenvalue weighted by molar-refractivity contribution is 0.164. The number of nitrogens with zero attached hydrogens (tertiary/aromatic N) is 2. The van der Waals surface area contributed by atoms with Gasteiger partial charge in [-0.05, 0) is 24.7 Å². The van der Waals surface area contributed by atoms with Crippen LogP contribution < -0.4 is 15.0 Å². The monoisotopic (exact) mass is 383 g/mol. The summed E-state index contributed by atoms with van der Waals surface area (Å²) in [4.78, 5) is 16.1. The number of methoxy groups -OCH3 is 1. The van der Waals surface area contributed by atoms with E-state index < -0.39 is 6.09 Å². The number of amides is 1. The van der Waals surface area contributed by atoms with Gasteiger partial charge in [-0.2, -0.15) is 0 Å². The van der Waals surface area contributed by atoms with Gasteiger partial charge >= 0.3 is 6.09 Å². The number of alkyl carbamates (subject to hydrolysis) is 1. The molecule has 0 aliphatic carbocycles. The van der Waals surface area contributed by atoms with Crippen molar-refractivity contribution in [2.45, 2.75) is 12.5 Å². The molecule has 2 aromatic rings. The smallest absolute Gasteiger partial charge is 0.406 e. The van der Waals surface area contributed by atoms with E-state index in [0.29, 0.717) is 13.0 Å². The van der Waals surface area contributed by atoms with Gasteiger partial charge in [0.15, 0.2) is 0 Å². The second-order valence-electron chi connectivity index (χ2n) is 6.98. The first kappa shape index (κ1) is 20.0. The molecule has 1 N–H and O–H groups in total. The molecule has 1 atom stereocenters. The number of anilines is 1. The molecule has 0 saturated carbocycles. The zero-order chi connectivity index (χ0) is 19.8.